The van der Waals surface area contributed by atoms with Crippen LogP contribution in [0.1, 0.15) is 32.7 Å². The third-order valence-electron chi connectivity index (χ3n) is 4.86. The van der Waals surface area contributed by atoms with E-state index in [4.69, 9.17) is 4.74 Å². The number of carbonyl (C=O) groups excluding carboxylic acids is 1. The molecule has 0 saturated heterocycles. The van der Waals surface area contributed by atoms with Crippen LogP contribution in [-0.4, -0.2) is 27.7 Å². The topological polar surface area (TPSA) is 47.4 Å². The number of amides is 1. The molecule has 2 aromatic carbocycles. The summed E-state index contributed by atoms with van der Waals surface area (Å²) in [5.41, 5.74) is 4.62. The van der Waals surface area contributed by atoms with Crippen molar-refractivity contribution in [3.05, 3.63) is 82.4 Å². The second-order valence-corrected chi connectivity index (χ2v) is 6.77. The van der Waals surface area contributed by atoms with E-state index >= 15 is 0 Å². The number of halogens is 1. The Morgan fingerprint density at radius 2 is 1.96 bits per heavy atom. The first-order valence-electron chi connectivity index (χ1n) is 8.77. The van der Waals surface area contributed by atoms with E-state index in [-0.39, 0.29) is 11.7 Å². The first-order valence-corrected chi connectivity index (χ1v) is 8.77. The van der Waals surface area contributed by atoms with Gasteiger partial charge in [-0.15, -0.1) is 0 Å². The van der Waals surface area contributed by atoms with E-state index in [2.05, 4.69) is 5.10 Å². The molecule has 0 atom stereocenters. The van der Waals surface area contributed by atoms with Crippen molar-refractivity contribution in [2.75, 3.05) is 7.11 Å². The highest BCUT2D eigenvalue weighted by atomic mass is 19.1. The Balaban J connectivity index is 1.54. The zero-order chi connectivity index (χ0) is 19.0. The van der Waals surface area contributed by atoms with Crippen LogP contribution in [-0.2, 0) is 19.6 Å². The van der Waals surface area contributed by atoms with E-state index in [1.807, 2.05) is 29.8 Å². The van der Waals surface area contributed by atoms with Gasteiger partial charge in [0.15, 0.2) is 0 Å². The predicted molar refractivity (Wildman–Crippen MR) is 99.0 cm³/mol. The normalized spacial score (nSPS) is 12.9. The predicted octanol–water partition coefficient (Wildman–Crippen LogP) is 3.54. The number of aromatic nitrogens is 2. The van der Waals surface area contributed by atoms with Crippen LogP contribution in [0, 0.1) is 12.7 Å². The third kappa shape index (κ3) is 3.30. The summed E-state index contributed by atoms with van der Waals surface area (Å²) in [7, 11) is 1.57. The fourth-order valence-corrected chi connectivity index (χ4v) is 3.39. The SMILES string of the molecule is COc1cc(C)ccc1C(=O)N1Cc2cnn(Cc3ccc(F)cc3)c2C1. The van der Waals surface area contributed by atoms with Crippen LogP contribution in [0.5, 0.6) is 5.75 Å². The van der Waals surface area contributed by atoms with Crippen molar-refractivity contribution in [2.24, 2.45) is 0 Å². The van der Waals surface area contributed by atoms with Gasteiger partial charge in [0.2, 0.25) is 0 Å². The molecule has 4 rings (SSSR count). The second-order valence-electron chi connectivity index (χ2n) is 6.77. The Hall–Kier alpha value is -3.15. The molecular weight excluding hydrogens is 345 g/mol. The molecule has 0 radical (unpaired) electrons. The van der Waals surface area contributed by atoms with Crippen LogP contribution >= 0.6 is 0 Å². The number of carbonyl (C=O) groups is 1. The molecule has 1 aromatic heterocycles. The van der Waals surface area contributed by atoms with Gasteiger partial charge in [0.25, 0.3) is 5.91 Å². The summed E-state index contributed by atoms with van der Waals surface area (Å²) in [5.74, 6) is 0.272. The quantitative estimate of drug-likeness (QED) is 0.710. The van der Waals surface area contributed by atoms with Crippen molar-refractivity contribution < 1.29 is 13.9 Å². The molecule has 0 spiro atoms. The summed E-state index contributed by atoms with van der Waals surface area (Å²) < 4.78 is 20.4. The average molecular weight is 365 g/mol. The number of hydrogen-bond acceptors (Lipinski definition) is 3. The Morgan fingerprint density at radius 3 is 2.70 bits per heavy atom. The van der Waals surface area contributed by atoms with Crippen LogP contribution < -0.4 is 4.74 Å². The minimum Gasteiger partial charge on any atom is -0.496 e. The van der Waals surface area contributed by atoms with Crippen LogP contribution in [0.4, 0.5) is 4.39 Å². The van der Waals surface area contributed by atoms with Crippen LogP contribution in [0.25, 0.3) is 0 Å². The Morgan fingerprint density at radius 1 is 1.19 bits per heavy atom. The van der Waals surface area contributed by atoms with Gasteiger partial charge in [0.05, 0.1) is 37.7 Å². The number of benzene rings is 2. The third-order valence-corrected chi connectivity index (χ3v) is 4.86. The molecule has 0 saturated carbocycles. The van der Waals surface area contributed by atoms with Crippen molar-refractivity contribution in [2.45, 2.75) is 26.6 Å². The molecular formula is C21H20FN3O2. The summed E-state index contributed by atoms with van der Waals surface area (Å²) >= 11 is 0. The molecule has 138 valence electrons. The molecule has 3 aromatic rings. The lowest BCUT2D eigenvalue weighted by atomic mass is 10.1. The maximum atomic E-state index is 13.1. The molecule has 0 aliphatic carbocycles. The Bertz CT molecular complexity index is 995. The van der Waals surface area contributed by atoms with Crippen LogP contribution in [0.15, 0.2) is 48.7 Å². The number of rotatable bonds is 4. The largest absolute Gasteiger partial charge is 0.496 e. The van der Waals surface area contributed by atoms with E-state index in [1.54, 1.807) is 30.3 Å². The first-order chi connectivity index (χ1) is 13.0. The number of ether oxygens (including phenoxy) is 1. The molecule has 0 unspecified atom stereocenters. The van der Waals surface area contributed by atoms with E-state index in [9.17, 15) is 9.18 Å². The summed E-state index contributed by atoms with van der Waals surface area (Å²) in [6, 6.07) is 12.0. The van der Waals surface area contributed by atoms with E-state index < -0.39 is 0 Å². The van der Waals surface area contributed by atoms with E-state index in [0.29, 0.717) is 30.9 Å². The number of hydrogen-bond donors (Lipinski definition) is 0. The first kappa shape index (κ1) is 17.3. The van der Waals surface area contributed by atoms with Gasteiger partial charge < -0.3 is 9.64 Å². The number of aryl methyl sites for hydroxylation is 1. The number of fused-ring (bicyclic) bond motifs is 1. The van der Waals surface area contributed by atoms with Crippen molar-refractivity contribution in [3.63, 3.8) is 0 Å². The minimum absolute atomic E-state index is 0.0589. The summed E-state index contributed by atoms with van der Waals surface area (Å²) in [5, 5.41) is 4.43. The van der Waals surface area contributed by atoms with Crippen molar-refractivity contribution in [1.82, 2.24) is 14.7 Å². The van der Waals surface area contributed by atoms with Gasteiger partial charge in [0, 0.05) is 12.1 Å². The smallest absolute Gasteiger partial charge is 0.258 e. The molecule has 6 heteroatoms. The Kier molecular flexibility index (Phi) is 4.39. The van der Waals surface area contributed by atoms with Gasteiger partial charge in [-0.25, -0.2) is 4.39 Å². The van der Waals surface area contributed by atoms with Gasteiger partial charge in [-0.1, -0.05) is 18.2 Å². The maximum absolute atomic E-state index is 13.1. The summed E-state index contributed by atoms with van der Waals surface area (Å²) in [6.07, 6.45) is 1.80. The van der Waals surface area contributed by atoms with Gasteiger partial charge in [-0.05, 0) is 42.3 Å². The molecule has 0 fully saturated rings. The average Bonchev–Trinajstić information content (AvgIpc) is 3.25. The van der Waals surface area contributed by atoms with Gasteiger partial charge in [-0.2, -0.15) is 5.10 Å². The van der Waals surface area contributed by atoms with Crippen molar-refractivity contribution >= 4 is 5.91 Å². The minimum atomic E-state index is -0.256. The van der Waals surface area contributed by atoms with Gasteiger partial charge >= 0.3 is 0 Å². The lowest BCUT2D eigenvalue weighted by Gasteiger charge is -2.18. The molecule has 1 amide bonds. The maximum Gasteiger partial charge on any atom is 0.258 e. The molecule has 27 heavy (non-hydrogen) atoms. The van der Waals surface area contributed by atoms with Crippen LogP contribution in [0.3, 0.4) is 0 Å². The van der Waals surface area contributed by atoms with Crippen molar-refractivity contribution in [3.8, 4) is 5.75 Å². The molecule has 2 heterocycles. The molecule has 1 aliphatic rings. The second kappa shape index (κ2) is 6.87. The standard InChI is InChI=1S/C21H20FN3O2/c1-14-3-8-18(20(9-14)27-2)21(26)24-12-16-10-23-25(19(16)13-24)11-15-4-6-17(22)7-5-15/h3-10H,11-13H2,1-2H3. The fraction of sp³-hybridized carbons (Fsp3) is 0.238. The number of nitrogens with zero attached hydrogens (tertiary/aromatic N) is 3. The highest BCUT2D eigenvalue weighted by Gasteiger charge is 2.29. The number of methoxy groups -OCH3 is 1. The zero-order valence-electron chi connectivity index (χ0n) is 15.3. The van der Waals surface area contributed by atoms with E-state index in [0.717, 1.165) is 22.4 Å². The summed E-state index contributed by atoms with van der Waals surface area (Å²) in [4.78, 5) is 14.8. The van der Waals surface area contributed by atoms with Gasteiger partial charge in [0.1, 0.15) is 11.6 Å². The lowest BCUT2D eigenvalue weighted by Crippen LogP contribution is -2.26. The molecule has 0 N–H and O–H groups in total. The molecule has 5 nitrogen and oxygen atoms in total. The van der Waals surface area contributed by atoms with Crippen molar-refractivity contribution in [1.29, 1.82) is 0 Å². The fourth-order valence-electron chi connectivity index (χ4n) is 3.39. The monoisotopic (exact) mass is 365 g/mol. The molecule has 1 aliphatic heterocycles. The van der Waals surface area contributed by atoms with E-state index in [1.165, 1.54) is 12.1 Å². The summed E-state index contributed by atoms with van der Waals surface area (Å²) in [6.45, 7) is 3.53. The van der Waals surface area contributed by atoms with Crippen LogP contribution in [0.2, 0.25) is 0 Å². The highest BCUT2D eigenvalue weighted by Crippen LogP contribution is 2.28. The molecule has 0 bridgehead atoms. The van der Waals surface area contributed by atoms with Gasteiger partial charge in [-0.3, -0.25) is 9.48 Å². The lowest BCUT2D eigenvalue weighted by molar-refractivity contribution is 0.0744. The zero-order valence-corrected chi connectivity index (χ0v) is 15.3. The Labute approximate surface area is 157 Å². The highest BCUT2D eigenvalue weighted by molar-refractivity contribution is 5.97.